The molecule has 4 N–H and O–H groups in total. The fourth-order valence-corrected chi connectivity index (χ4v) is 0.566. The number of aliphatic imine (C=N–C) groups is 1. The first-order chi connectivity index (χ1) is 5.72. The van der Waals surface area contributed by atoms with Crippen molar-refractivity contribution >= 4 is 6.21 Å². The third-order valence-corrected chi connectivity index (χ3v) is 1.21. The van der Waals surface area contributed by atoms with Crippen molar-refractivity contribution in [1.29, 1.82) is 0 Å². The summed E-state index contributed by atoms with van der Waals surface area (Å²) in [6.45, 7) is 4.74. The maximum Gasteiger partial charge on any atom is 0.161 e. The molecular weight excluding hydrogens is 154 g/mol. The minimum atomic E-state index is 0.422. The van der Waals surface area contributed by atoms with Gasteiger partial charge in [0.25, 0.3) is 0 Å². The van der Waals surface area contributed by atoms with Crippen molar-refractivity contribution in [3.63, 3.8) is 0 Å². The van der Waals surface area contributed by atoms with Gasteiger partial charge in [0.15, 0.2) is 5.82 Å². The number of ether oxygens (including phenoxy) is 1. The molecule has 0 heterocycles. The van der Waals surface area contributed by atoms with Gasteiger partial charge in [-0.3, -0.25) is 0 Å². The molecule has 0 aliphatic rings. The van der Waals surface area contributed by atoms with Crippen molar-refractivity contribution in [1.82, 2.24) is 0 Å². The summed E-state index contributed by atoms with van der Waals surface area (Å²) in [7, 11) is 0. The Hall–Kier alpha value is -1.03. The highest BCUT2D eigenvalue weighted by molar-refractivity contribution is 5.58. The van der Waals surface area contributed by atoms with Crippen molar-refractivity contribution < 1.29 is 4.74 Å². The van der Waals surface area contributed by atoms with E-state index < -0.39 is 0 Å². The Morgan fingerprint density at radius 2 is 2.25 bits per heavy atom. The molecule has 12 heavy (non-hydrogen) atoms. The second-order valence-corrected chi connectivity index (χ2v) is 2.30. The molecule has 0 aromatic rings. The third kappa shape index (κ3) is 4.73. The Balaban J connectivity index is 3.97. The SMILES string of the molecule is CC/C=N\C(N)=C(C)OCCN. The van der Waals surface area contributed by atoms with Crippen LogP contribution in [0.15, 0.2) is 16.6 Å². The molecule has 0 atom stereocenters. The molecule has 70 valence electrons. The Morgan fingerprint density at radius 1 is 1.58 bits per heavy atom. The zero-order valence-electron chi connectivity index (χ0n) is 7.71. The molecule has 0 aromatic heterocycles. The lowest BCUT2D eigenvalue weighted by atomic mass is 10.5. The van der Waals surface area contributed by atoms with Gasteiger partial charge in [0.2, 0.25) is 0 Å². The largest absolute Gasteiger partial charge is 0.493 e. The fourth-order valence-electron chi connectivity index (χ4n) is 0.566. The van der Waals surface area contributed by atoms with Crippen LogP contribution in [0.25, 0.3) is 0 Å². The number of hydrogen-bond acceptors (Lipinski definition) is 4. The van der Waals surface area contributed by atoms with Crippen LogP contribution < -0.4 is 11.5 Å². The second kappa shape index (κ2) is 6.67. The van der Waals surface area contributed by atoms with Gasteiger partial charge in [0.1, 0.15) is 12.4 Å². The second-order valence-electron chi connectivity index (χ2n) is 2.30. The van der Waals surface area contributed by atoms with E-state index >= 15 is 0 Å². The molecule has 0 aliphatic carbocycles. The summed E-state index contributed by atoms with van der Waals surface area (Å²) in [6.07, 6.45) is 2.61. The van der Waals surface area contributed by atoms with E-state index in [0.717, 1.165) is 6.42 Å². The van der Waals surface area contributed by atoms with Gasteiger partial charge in [-0.25, -0.2) is 4.99 Å². The third-order valence-electron chi connectivity index (χ3n) is 1.21. The van der Waals surface area contributed by atoms with E-state index in [1.165, 1.54) is 0 Å². The van der Waals surface area contributed by atoms with Crippen LogP contribution in [-0.4, -0.2) is 19.4 Å². The molecule has 0 radical (unpaired) electrons. The van der Waals surface area contributed by atoms with Crippen molar-refractivity contribution in [3.8, 4) is 0 Å². The van der Waals surface area contributed by atoms with Crippen LogP contribution in [0.2, 0.25) is 0 Å². The van der Waals surface area contributed by atoms with Gasteiger partial charge in [-0.05, 0) is 13.3 Å². The Kier molecular flexibility index (Phi) is 6.09. The zero-order valence-corrected chi connectivity index (χ0v) is 7.71. The topological polar surface area (TPSA) is 73.6 Å². The van der Waals surface area contributed by atoms with Gasteiger partial charge in [0, 0.05) is 12.8 Å². The van der Waals surface area contributed by atoms with Crippen molar-refractivity contribution in [2.75, 3.05) is 13.2 Å². The van der Waals surface area contributed by atoms with E-state index in [9.17, 15) is 0 Å². The molecule has 0 saturated heterocycles. The van der Waals surface area contributed by atoms with Crippen LogP contribution >= 0.6 is 0 Å². The maximum atomic E-state index is 5.56. The van der Waals surface area contributed by atoms with Gasteiger partial charge in [-0.1, -0.05) is 6.92 Å². The molecule has 4 nitrogen and oxygen atoms in total. The molecule has 0 spiro atoms. The summed E-state index contributed by atoms with van der Waals surface area (Å²) >= 11 is 0. The summed E-state index contributed by atoms with van der Waals surface area (Å²) in [5.41, 5.74) is 10.8. The Bertz CT molecular complexity index is 175. The summed E-state index contributed by atoms with van der Waals surface area (Å²) in [5, 5.41) is 0. The first-order valence-electron chi connectivity index (χ1n) is 4.04. The smallest absolute Gasteiger partial charge is 0.161 e. The van der Waals surface area contributed by atoms with E-state index in [2.05, 4.69) is 4.99 Å². The minimum Gasteiger partial charge on any atom is -0.493 e. The predicted molar refractivity (Wildman–Crippen MR) is 50.7 cm³/mol. The summed E-state index contributed by atoms with van der Waals surface area (Å²) in [5.74, 6) is 1.05. The van der Waals surface area contributed by atoms with Crippen LogP contribution in [0.5, 0.6) is 0 Å². The van der Waals surface area contributed by atoms with Crippen LogP contribution in [0.3, 0.4) is 0 Å². The van der Waals surface area contributed by atoms with Gasteiger partial charge < -0.3 is 16.2 Å². The molecular formula is C8H17N3O. The highest BCUT2D eigenvalue weighted by Gasteiger charge is 1.94. The number of hydrogen-bond donors (Lipinski definition) is 2. The van der Waals surface area contributed by atoms with E-state index in [1.807, 2.05) is 6.92 Å². The van der Waals surface area contributed by atoms with Gasteiger partial charge in [0.05, 0.1) is 0 Å². The summed E-state index contributed by atoms with van der Waals surface area (Å²) < 4.78 is 5.17. The molecule has 0 amide bonds. The molecule has 4 heteroatoms. The number of allylic oxidation sites excluding steroid dienone is 1. The first-order valence-corrected chi connectivity index (χ1v) is 4.04. The quantitative estimate of drug-likeness (QED) is 0.469. The lowest BCUT2D eigenvalue weighted by Crippen LogP contribution is -2.09. The molecule has 0 unspecified atom stereocenters. The van der Waals surface area contributed by atoms with Crippen LogP contribution in [0.1, 0.15) is 20.3 Å². The van der Waals surface area contributed by atoms with E-state index in [0.29, 0.717) is 24.7 Å². The van der Waals surface area contributed by atoms with E-state index in [-0.39, 0.29) is 0 Å². The summed E-state index contributed by atoms with van der Waals surface area (Å²) in [4.78, 5) is 3.96. The summed E-state index contributed by atoms with van der Waals surface area (Å²) in [6, 6.07) is 0. The number of nitrogens with two attached hydrogens (primary N) is 2. The lowest BCUT2D eigenvalue weighted by molar-refractivity contribution is 0.219. The fraction of sp³-hybridized carbons (Fsp3) is 0.625. The molecule has 0 fully saturated rings. The normalized spacial score (nSPS) is 13.2. The number of nitrogens with zero attached hydrogens (tertiary/aromatic N) is 1. The molecule has 0 bridgehead atoms. The van der Waals surface area contributed by atoms with Gasteiger partial charge in [-0.2, -0.15) is 0 Å². The molecule has 0 aliphatic heterocycles. The molecule has 0 saturated carbocycles. The van der Waals surface area contributed by atoms with Gasteiger partial charge in [-0.15, -0.1) is 0 Å². The Labute approximate surface area is 73.3 Å². The highest BCUT2D eigenvalue weighted by Crippen LogP contribution is 2.00. The minimum absolute atomic E-state index is 0.422. The van der Waals surface area contributed by atoms with Crippen LogP contribution in [0, 0.1) is 0 Å². The Morgan fingerprint density at radius 3 is 2.75 bits per heavy atom. The molecule has 0 rings (SSSR count). The van der Waals surface area contributed by atoms with Crippen molar-refractivity contribution in [2.24, 2.45) is 16.5 Å². The predicted octanol–water partition coefficient (Wildman–Crippen LogP) is 0.590. The highest BCUT2D eigenvalue weighted by atomic mass is 16.5. The van der Waals surface area contributed by atoms with Crippen molar-refractivity contribution in [2.45, 2.75) is 20.3 Å². The van der Waals surface area contributed by atoms with Gasteiger partial charge >= 0.3 is 0 Å². The standard InChI is InChI=1S/C8H17N3O/c1-3-5-11-8(10)7(2)12-6-4-9/h5H,3-4,6,9-10H2,1-2H3/b8-7?,11-5-. The van der Waals surface area contributed by atoms with E-state index in [1.54, 1.807) is 13.1 Å². The lowest BCUT2D eigenvalue weighted by Gasteiger charge is -2.04. The number of rotatable bonds is 5. The average molecular weight is 171 g/mol. The van der Waals surface area contributed by atoms with Crippen LogP contribution in [0.4, 0.5) is 0 Å². The zero-order chi connectivity index (χ0) is 9.40. The average Bonchev–Trinajstić information content (AvgIpc) is 2.10. The van der Waals surface area contributed by atoms with Crippen LogP contribution in [-0.2, 0) is 4.74 Å². The van der Waals surface area contributed by atoms with Crippen molar-refractivity contribution in [3.05, 3.63) is 11.6 Å². The maximum absolute atomic E-state index is 5.56. The monoisotopic (exact) mass is 171 g/mol. The van der Waals surface area contributed by atoms with E-state index in [4.69, 9.17) is 16.2 Å². The first kappa shape index (κ1) is 11.0. The molecule has 0 aromatic carbocycles.